The predicted octanol–water partition coefficient (Wildman–Crippen LogP) is 4.27. The van der Waals surface area contributed by atoms with Crippen LogP contribution in [-0.2, 0) is 5.75 Å². The number of hydrogen-bond acceptors (Lipinski definition) is 4. The minimum Gasteiger partial charge on any atom is -0.369 e. The zero-order valence-electron chi connectivity index (χ0n) is 11.0. The molecule has 3 nitrogen and oxygen atoms in total. The second-order valence-corrected chi connectivity index (χ2v) is 5.86. The molecule has 0 bridgehead atoms. The summed E-state index contributed by atoms with van der Waals surface area (Å²) in [6, 6.07) is 10.3. The molecule has 1 aromatic carbocycles. The standard InChI is InChI=1S/C14H16BrN3S/c1-3-16-14-13(15)10(2)17-12(18-14)9-19-11-7-5-4-6-8-11/h4-8H,3,9H2,1-2H3,(H,16,17,18). The minimum absolute atomic E-state index is 0.774. The first-order valence-electron chi connectivity index (χ1n) is 6.15. The van der Waals surface area contributed by atoms with Gasteiger partial charge in [0, 0.05) is 11.4 Å². The molecule has 1 heterocycles. The van der Waals surface area contributed by atoms with E-state index < -0.39 is 0 Å². The van der Waals surface area contributed by atoms with Crippen LogP contribution in [-0.4, -0.2) is 16.5 Å². The van der Waals surface area contributed by atoms with Gasteiger partial charge in [0.1, 0.15) is 11.6 Å². The summed E-state index contributed by atoms with van der Waals surface area (Å²) in [5.74, 6) is 2.50. The van der Waals surface area contributed by atoms with Gasteiger partial charge in [-0.05, 0) is 41.9 Å². The van der Waals surface area contributed by atoms with Crippen LogP contribution in [0.3, 0.4) is 0 Å². The predicted molar refractivity (Wildman–Crippen MR) is 84.6 cm³/mol. The molecule has 19 heavy (non-hydrogen) atoms. The highest BCUT2D eigenvalue weighted by atomic mass is 79.9. The Morgan fingerprint density at radius 3 is 2.63 bits per heavy atom. The topological polar surface area (TPSA) is 37.8 Å². The van der Waals surface area contributed by atoms with E-state index in [2.05, 4.69) is 50.3 Å². The van der Waals surface area contributed by atoms with Crippen molar-refractivity contribution in [3.63, 3.8) is 0 Å². The summed E-state index contributed by atoms with van der Waals surface area (Å²) in [4.78, 5) is 10.3. The van der Waals surface area contributed by atoms with Gasteiger partial charge in [-0.15, -0.1) is 11.8 Å². The molecule has 1 N–H and O–H groups in total. The lowest BCUT2D eigenvalue weighted by atomic mass is 10.4. The molecule has 0 atom stereocenters. The Hall–Kier alpha value is -1.07. The number of nitrogens with one attached hydrogen (secondary N) is 1. The van der Waals surface area contributed by atoms with Crippen LogP contribution in [0.5, 0.6) is 0 Å². The number of anilines is 1. The number of aromatic nitrogens is 2. The van der Waals surface area contributed by atoms with E-state index in [9.17, 15) is 0 Å². The Bertz CT molecular complexity index is 546. The molecule has 0 radical (unpaired) electrons. The molecule has 5 heteroatoms. The third-order valence-electron chi connectivity index (χ3n) is 2.52. The van der Waals surface area contributed by atoms with Crippen molar-refractivity contribution in [2.24, 2.45) is 0 Å². The summed E-state index contributed by atoms with van der Waals surface area (Å²) >= 11 is 5.26. The van der Waals surface area contributed by atoms with Gasteiger partial charge >= 0.3 is 0 Å². The molecule has 2 aromatic rings. The quantitative estimate of drug-likeness (QED) is 0.826. The fourth-order valence-corrected chi connectivity index (χ4v) is 2.72. The summed E-state index contributed by atoms with van der Waals surface area (Å²) < 4.78 is 0.947. The molecule has 0 saturated carbocycles. The zero-order chi connectivity index (χ0) is 13.7. The van der Waals surface area contributed by atoms with Crippen molar-refractivity contribution in [1.82, 2.24) is 9.97 Å². The molecular formula is C14H16BrN3S. The Kier molecular flexibility index (Phi) is 5.22. The van der Waals surface area contributed by atoms with Crippen LogP contribution in [0.25, 0.3) is 0 Å². The van der Waals surface area contributed by atoms with Crippen LogP contribution in [0.15, 0.2) is 39.7 Å². The van der Waals surface area contributed by atoms with Crippen LogP contribution in [0.2, 0.25) is 0 Å². The van der Waals surface area contributed by atoms with Crippen molar-refractivity contribution >= 4 is 33.5 Å². The van der Waals surface area contributed by atoms with Gasteiger partial charge in [-0.2, -0.15) is 0 Å². The average Bonchev–Trinajstić information content (AvgIpc) is 2.43. The van der Waals surface area contributed by atoms with Crippen molar-refractivity contribution in [2.75, 3.05) is 11.9 Å². The van der Waals surface area contributed by atoms with Crippen LogP contribution >= 0.6 is 27.7 Å². The van der Waals surface area contributed by atoms with Gasteiger partial charge in [-0.1, -0.05) is 18.2 Å². The lowest BCUT2D eigenvalue weighted by molar-refractivity contribution is 0.975. The van der Waals surface area contributed by atoms with Crippen LogP contribution < -0.4 is 5.32 Å². The number of thioether (sulfide) groups is 1. The summed E-state index contributed by atoms with van der Waals surface area (Å²) in [5.41, 5.74) is 0.967. The van der Waals surface area contributed by atoms with Crippen LogP contribution in [0.4, 0.5) is 5.82 Å². The van der Waals surface area contributed by atoms with Gasteiger partial charge < -0.3 is 5.32 Å². The molecule has 0 spiro atoms. The molecule has 100 valence electrons. The molecule has 1 aromatic heterocycles. The van der Waals surface area contributed by atoms with Crippen molar-refractivity contribution < 1.29 is 0 Å². The van der Waals surface area contributed by atoms with E-state index in [1.54, 1.807) is 11.8 Å². The van der Waals surface area contributed by atoms with E-state index in [1.165, 1.54) is 4.90 Å². The molecule has 2 rings (SSSR count). The summed E-state index contributed by atoms with van der Waals surface area (Å²) in [5, 5.41) is 3.25. The third-order valence-corrected chi connectivity index (χ3v) is 4.48. The zero-order valence-corrected chi connectivity index (χ0v) is 13.4. The Balaban J connectivity index is 2.12. The molecule has 0 amide bonds. The van der Waals surface area contributed by atoms with E-state index >= 15 is 0 Å². The molecular weight excluding hydrogens is 322 g/mol. The van der Waals surface area contributed by atoms with E-state index in [-0.39, 0.29) is 0 Å². The third kappa shape index (κ3) is 3.94. The Morgan fingerprint density at radius 2 is 1.95 bits per heavy atom. The number of aryl methyl sites for hydroxylation is 1. The average molecular weight is 338 g/mol. The minimum atomic E-state index is 0.774. The summed E-state index contributed by atoms with van der Waals surface area (Å²) in [6.45, 7) is 4.89. The Labute approximate surface area is 126 Å². The van der Waals surface area contributed by atoms with Crippen molar-refractivity contribution in [3.05, 3.63) is 46.3 Å². The van der Waals surface area contributed by atoms with E-state index in [0.717, 1.165) is 34.1 Å². The van der Waals surface area contributed by atoms with Gasteiger partial charge in [-0.25, -0.2) is 9.97 Å². The van der Waals surface area contributed by atoms with Crippen molar-refractivity contribution in [3.8, 4) is 0 Å². The van der Waals surface area contributed by atoms with Crippen molar-refractivity contribution in [1.29, 1.82) is 0 Å². The normalized spacial score (nSPS) is 10.5. The molecule has 0 aliphatic carbocycles. The van der Waals surface area contributed by atoms with E-state index in [1.807, 2.05) is 25.1 Å². The first-order chi connectivity index (χ1) is 9.20. The number of nitrogens with zero attached hydrogens (tertiary/aromatic N) is 2. The molecule has 0 saturated heterocycles. The maximum atomic E-state index is 4.55. The summed E-state index contributed by atoms with van der Waals surface area (Å²) in [6.07, 6.45) is 0. The van der Waals surface area contributed by atoms with Crippen molar-refractivity contribution in [2.45, 2.75) is 24.5 Å². The largest absolute Gasteiger partial charge is 0.369 e. The van der Waals surface area contributed by atoms with Gasteiger partial charge in [0.15, 0.2) is 0 Å². The monoisotopic (exact) mass is 337 g/mol. The van der Waals surface area contributed by atoms with E-state index in [0.29, 0.717) is 0 Å². The summed E-state index contributed by atoms with van der Waals surface area (Å²) in [7, 11) is 0. The second-order valence-electron chi connectivity index (χ2n) is 4.02. The molecule has 0 aliphatic heterocycles. The molecule has 0 aliphatic rings. The molecule has 0 unspecified atom stereocenters. The van der Waals surface area contributed by atoms with Crippen LogP contribution in [0.1, 0.15) is 18.4 Å². The Morgan fingerprint density at radius 1 is 1.21 bits per heavy atom. The molecule has 0 fully saturated rings. The number of rotatable bonds is 5. The number of benzene rings is 1. The van der Waals surface area contributed by atoms with Gasteiger partial charge in [-0.3, -0.25) is 0 Å². The fourth-order valence-electron chi connectivity index (χ4n) is 1.63. The lowest BCUT2D eigenvalue weighted by Gasteiger charge is -2.09. The van der Waals surface area contributed by atoms with Gasteiger partial charge in [0.25, 0.3) is 0 Å². The van der Waals surface area contributed by atoms with E-state index in [4.69, 9.17) is 0 Å². The highest BCUT2D eigenvalue weighted by Gasteiger charge is 2.08. The number of hydrogen-bond donors (Lipinski definition) is 1. The highest BCUT2D eigenvalue weighted by molar-refractivity contribution is 9.10. The lowest BCUT2D eigenvalue weighted by Crippen LogP contribution is -2.05. The smallest absolute Gasteiger partial charge is 0.144 e. The highest BCUT2D eigenvalue weighted by Crippen LogP contribution is 2.26. The van der Waals surface area contributed by atoms with Gasteiger partial charge in [0.2, 0.25) is 0 Å². The first-order valence-corrected chi connectivity index (χ1v) is 7.93. The first kappa shape index (κ1) is 14.3. The fraction of sp³-hybridized carbons (Fsp3) is 0.286. The maximum absolute atomic E-state index is 4.55. The maximum Gasteiger partial charge on any atom is 0.144 e. The number of halogens is 1. The SMILES string of the molecule is CCNc1nc(CSc2ccccc2)nc(C)c1Br. The second kappa shape index (κ2) is 6.91. The van der Waals surface area contributed by atoms with Crippen LogP contribution in [0, 0.1) is 6.92 Å². The van der Waals surface area contributed by atoms with Gasteiger partial charge in [0.05, 0.1) is 15.9 Å².